The van der Waals surface area contributed by atoms with E-state index in [0.29, 0.717) is 0 Å². The second-order valence-corrected chi connectivity index (χ2v) is 3.68. The standard InChI is InChI=1S/C11H16N2O/c1-8-6-9(12)2-3-10(8)11-7-13-4-5-14-11/h2-3,6,11,13H,4-5,7,12H2,1H3. The Morgan fingerprint density at radius 1 is 1.50 bits per heavy atom. The Morgan fingerprint density at radius 3 is 3.00 bits per heavy atom. The van der Waals surface area contributed by atoms with Crippen LogP contribution in [0.2, 0.25) is 0 Å². The summed E-state index contributed by atoms with van der Waals surface area (Å²) in [4.78, 5) is 0. The number of morpholine rings is 1. The number of hydrogen-bond donors (Lipinski definition) is 2. The number of nitrogens with one attached hydrogen (secondary N) is 1. The van der Waals surface area contributed by atoms with Gasteiger partial charge in [0.2, 0.25) is 0 Å². The van der Waals surface area contributed by atoms with Crippen LogP contribution in [0.3, 0.4) is 0 Å². The molecule has 1 saturated heterocycles. The highest BCUT2D eigenvalue weighted by Crippen LogP contribution is 2.23. The number of aryl methyl sites for hydroxylation is 1. The first-order valence-electron chi connectivity index (χ1n) is 4.96. The minimum atomic E-state index is 0.185. The first-order chi connectivity index (χ1) is 6.77. The molecule has 0 amide bonds. The van der Waals surface area contributed by atoms with Crippen molar-refractivity contribution >= 4 is 5.69 Å². The van der Waals surface area contributed by atoms with E-state index in [1.54, 1.807) is 0 Å². The van der Waals surface area contributed by atoms with Gasteiger partial charge in [-0.25, -0.2) is 0 Å². The maximum atomic E-state index is 5.70. The van der Waals surface area contributed by atoms with Gasteiger partial charge in [0, 0.05) is 18.8 Å². The molecular formula is C11H16N2O. The van der Waals surface area contributed by atoms with E-state index in [9.17, 15) is 0 Å². The first kappa shape index (κ1) is 9.49. The highest BCUT2D eigenvalue weighted by molar-refractivity contribution is 5.45. The highest BCUT2D eigenvalue weighted by atomic mass is 16.5. The number of rotatable bonds is 1. The normalized spacial score (nSPS) is 22.2. The zero-order chi connectivity index (χ0) is 9.97. The Balaban J connectivity index is 2.22. The zero-order valence-electron chi connectivity index (χ0n) is 8.42. The van der Waals surface area contributed by atoms with Gasteiger partial charge in [-0.2, -0.15) is 0 Å². The van der Waals surface area contributed by atoms with Crippen LogP contribution in [-0.2, 0) is 4.74 Å². The Bertz CT molecular complexity index is 319. The Labute approximate surface area is 84.3 Å². The number of hydrogen-bond acceptors (Lipinski definition) is 3. The van der Waals surface area contributed by atoms with Crippen molar-refractivity contribution in [1.82, 2.24) is 5.32 Å². The molecule has 76 valence electrons. The molecule has 3 heteroatoms. The van der Waals surface area contributed by atoms with E-state index in [1.807, 2.05) is 12.1 Å². The summed E-state index contributed by atoms with van der Waals surface area (Å²) in [5.74, 6) is 0. The van der Waals surface area contributed by atoms with Gasteiger partial charge in [-0.15, -0.1) is 0 Å². The molecule has 0 bridgehead atoms. The number of anilines is 1. The van der Waals surface area contributed by atoms with Crippen molar-refractivity contribution in [3.63, 3.8) is 0 Å². The topological polar surface area (TPSA) is 47.3 Å². The quantitative estimate of drug-likeness (QED) is 0.658. The molecule has 1 aromatic rings. The predicted molar refractivity (Wildman–Crippen MR) is 57.2 cm³/mol. The van der Waals surface area contributed by atoms with E-state index in [4.69, 9.17) is 10.5 Å². The van der Waals surface area contributed by atoms with Crippen LogP contribution >= 0.6 is 0 Å². The highest BCUT2D eigenvalue weighted by Gasteiger charge is 2.16. The molecule has 1 fully saturated rings. The average Bonchev–Trinajstić information content (AvgIpc) is 2.19. The van der Waals surface area contributed by atoms with Gasteiger partial charge < -0.3 is 15.8 Å². The number of benzene rings is 1. The molecule has 3 nitrogen and oxygen atoms in total. The van der Waals surface area contributed by atoms with Crippen LogP contribution in [0.4, 0.5) is 5.69 Å². The van der Waals surface area contributed by atoms with Crippen LogP contribution in [-0.4, -0.2) is 19.7 Å². The lowest BCUT2D eigenvalue weighted by Crippen LogP contribution is -2.33. The summed E-state index contributed by atoms with van der Waals surface area (Å²) >= 11 is 0. The Hall–Kier alpha value is -1.06. The van der Waals surface area contributed by atoms with E-state index < -0.39 is 0 Å². The maximum Gasteiger partial charge on any atom is 0.0952 e. The number of ether oxygens (including phenoxy) is 1. The van der Waals surface area contributed by atoms with Crippen molar-refractivity contribution in [1.29, 1.82) is 0 Å². The summed E-state index contributed by atoms with van der Waals surface area (Å²) in [6.07, 6.45) is 0.185. The third-order valence-corrected chi connectivity index (χ3v) is 2.57. The molecule has 2 rings (SSSR count). The minimum Gasteiger partial charge on any atom is -0.399 e. The minimum absolute atomic E-state index is 0.185. The molecule has 1 unspecified atom stereocenters. The van der Waals surface area contributed by atoms with Crippen molar-refractivity contribution in [3.05, 3.63) is 29.3 Å². The van der Waals surface area contributed by atoms with Crippen molar-refractivity contribution in [2.45, 2.75) is 13.0 Å². The van der Waals surface area contributed by atoms with Crippen molar-refractivity contribution in [2.75, 3.05) is 25.4 Å². The fourth-order valence-corrected chi connectivity index (χ4v) is 1.83. The molecule has 1 aromatic carbocycles. The lowest BCUT2D eigenvalue weighted by atomic mass is 10.0. The van der Waals surface area contributed by atoms with E-state index in [2.05, 4.69) is 18.3 Å². The predicted octanol–water partition coefficient (Wildman–Crippen LogP) is 1.24. The molecule has 14 heavy (non-hydrogen) atoms. The van der Waals surface area contributed by atoms with Crippen LogP contribution in [0.5, 0.6) is 0 Å². The van der Waals surface area contributed by atoms with Crippen molar-refractivity contribution in [3.8, 4) is 0 Å². The van der Waals surface area contributed by atoms with Gasteiger partial charge in [0.1, 0.15) is 0 Å². The fraction of sp³-hybridized carbons (Fsp3) is 0.455. The number of nitrogens with two attached hydrogens (primary N) is 1. The van der Waals surface area contributed by atoms with Crippen LogP contribution in [0.25, 0.3) is 0 Å². The first-order valence-corrected chi connectivity index (χ1v) is 4.96. The molecule has 1 aliphatic heterocycles. The van der Waals surface area contributed by atoms with Gasteiger partial charge in [-0.1, -0.05) is 6.07 Å². The second kappa shape index (κ2) is 3.98. The molecule has 3 N–H and O–H groups in total. The van der Waals surface area contributed by atoms with Gasteiger partial charge in [-0.3, -0.25) is 0 Å². The summed E-state index contributed by atoms with van der Waals surface area (Å²) in [6, 6.07) is 5.98. The molecule has 1 aliphatic rings. The summed E-state index contributed by atoms with van der Waals surface area (Å²) in [7, 11) is 0. The molecule has 0 radical (unpaired) electrons. The smallest absolute Gasteiger partial charge is 0.0952 e. The van der Waals surface area contributed by atoms with E-state index in [1.165, 1.54) is 11.1 Å². The maximum absolute atomic E-state index is 5.70. The molecule has 0 aromatic heterocycles. The molecule has 1 atom stereocenters. The van der Waals surface area contributed by atoms with Gasteiger partial charge in [0.05, 0.1) is 12.7 Å². The van der Waals surface area contributed by atoms with Gasteiger partial charge in [0.25, 0.3) is 0 Å². The lowest BCUT2D eigenvalue weighted by Gasteiger charge is -2.25. The lowest BCUT2D eigenvalue weighted by molar-refractivity contribution is 0.0273. The summed E-state index contributed by atoms with van der Waals surface area (Å²) in [6.45, 7) is 4.70. The average molecular weight is 192 g/mol. The molecule has 1 heterocycles. The SMILES string of the molecule is Cc1cc(N)ccc1C1CNCCO1. The molecule has 0 saturated carbocycles. The number of nitrogen functional groups attached to an aromatic ring is 1. The van der Waals surface area contributed by atoms with Crippen LogP contribution < -0.4 is 11.1 Å². The summed E-state index contributed by atoms with van der Waals surface area (Å²) in [5, 5.41) is 3.32. The third-order valence-electron chi connectivity index (χ3n) is 2.57. The van der Waals surface area contributed by atoms with Crippen molar-refractivity contribution in [2.24, 2.45) is 0 Å². The van der Waals surface area contributed by atoms with Gasteiger partial charge in [0.15, 0.2) is 0 Å². The van der Waals surface area contributed by atoms with Gasteiger partial charge >= 0.3 is 0 Å². The Morgan fingerprint density at radius 2 is 2.36 bits per heavy atom. The van der Waals surface area contributed by atoms with Gasteiger partial charge in [-0.05, 0) is 30.2 Å². The monoisotopic (exact) mass is 192 g/mol. The zero-order valence-corrected chi connectivity index (χ0v) is 8.42. The third kappa shape index (κ3) is 1.89. The van der Waals surface area contributed by atoms with E-state index in [-0.39, 0.29) is 6.10 Å². The summed E-state index contributed by atoms with van der Waals surface area (Å²) in [5.41, 5.74) is 8.96. The second-order valence-electron chi connectivity index (χ2n) is 3.68. The van der Waals surface area contributed by atoms with Crippen LogP contribution in [0.1, 0.15) is 17.2 Å². The van der Waals surface area contributed by atoms with E-state index >= 15 is 0 Å². The van der Waals surface area contributed by atoms with E-state index in [0.717, 1.165) is 25.4 Å². The molecular weight excluding hydrogens is 176 g/mol. The largest absolute Gasteiger partial charge is 0.399 e. The summed E-state index contributed by atoms with van der Waals surface area (Å²) < 4.78 is 5.68. The van der Waals surface area contributed by atoms with Crippen LogP contribution in [0.15, 0.2) is 18.2 Å². The Kier molecular flexibility index (Phi) is 2.70. The van der Waals surface area contributed by atoms with Crippen molar-refractivity contribution < 1.29 is 4.74 Å². The fourth-order valence-electron chi connectivity index (χ4n) is 1.83. The van der Waals surface area contributed by atoms with Crippen LogP contribution in [0, 0.1) is 6.92 Å². The molecule has 0 aliphatic carbocycles. The molecule has 0 spiro atoms.